The number of aromatic nitrogens is 2. The van der Waals surface area contributed by atoms with Gasteiger partial charge in [0.2, 0.25) is 5.91 Å². The highest BCUT2D eigenvalue weighted by atomic mass is 16.5. The van der Waals surface area contributed by atoms with Gasteiger partial charge in [-0.05, 0) is 37.0 Å². The van der Waals surface area contributed by atoms with Gasteiger partial charge < -0.3 is 15.0 Å². The van der Waals surface area contributed by atoms with Gasteiger partial charge in [-0.25, -0.2) is 4.68 Å². The Morgan fingerprint density at radius 3 is 2.89 bits per heavy atom. The Hall–Kier alpha value is -3.00. The van der Waals surface area contributed by atoms with Gasteiger partial charge in [-0.2, -0.15) is 5.10 Å². The second-order valence-corrected chi connectivity index (χ2v) is 6.99. The third-order valence-corrected chi connectivity index (χ3v) is 5.06. The highest BCUT2D eigenvalue weighted by molar-refractivity contribution is 6.05. The first kappa shape index (κ1) is 18.4. The fraction of sp³-hybridized carbons (Fsp3) is 0.400. The van der Waals surface area contributed by atoms with E-state index in [2.05, 4.69) is 10.4 Å². The zero-order valence-corrected chi connectivity index (χ0v) is 15.5. The second-order valence-electron chi connectivity index (χ2n) is 6.99. The number of anilines is 1. The SMILES string of the molecule is O=C(Cn1nc(C(=O)N2CCc3ccccc32)ccc1=O)NCC1CCCO1. The average molecular weight is 382 g/mol. The topological polar surface area (TPSA) is 93.5 Å². The lowest BCUT2D eigenvalue weighted by atomic mass is 10.2. The molecule has 1 fully saturated rings. The summed E-state index contributed by atoms with van der Waals surface area (Å²) in [6.45, 7) is 1.46. The van der Waals surface area contributed by atoms with E-state index in [1.54, 1.807) is 4.90 Å². The van der Waals surface area contributed by atoms with Crippen LogP contribution in [0.4, 0.5) is 5.69 Å². The van der Waals surface area contributed by atoms with Crippen LogP contribution in [0.1, 0.15) is 28.9 Å². The van der Waals surface area contributed by atoms with E-state index in [1.165, 1.54) is 12.1 Å². The van der Waals surface area contributed by atoms with Gasteiger partial charge in [0.15, 0.2) is 0 Å². The van der Waals surface area contributed by atoms with Crippen LogP contribution in [0.3, 0.4) is 0 Å². The van der Waals surface area contributed by atoms with Gasteiger partial charge in [0, 0.05) is 31.5 Å². The summed E-state index contributed by atoms with van der Waals surface area (Å²) >= 11 is 0. The molecular formula is C20H22N4O4. The molecule has 28 heavy (non-hydrogen) atoms. The van der Waals surface area contributed by atoms with Crippen LogP contribution in [0.25, 0.3) is 0 Å². The van der Waals surface area contributed by atoms with Gasteiger partial charge >= 0.3 is 0 Å². The lowest BCUT2D eigenvalue weighted by molar-refractivity contribution is -0.122. The Bertz CT molecular complexity index is 949. The summed E-state index contributed by atoms with van der Waals surface area (Å²) in [5, 5.41) is 6.89. The number of ether oxygens (including phenoxy) is 1. The van der Waals surface area contributed by atoms with Gasteiger partial charge in [-0.3, -0.25) is 14.4 Å². The molecular weight excluding hydrogens is 360 g/mol. The normalized spacial score (nSPS) is 18.1. The molecule has 3 heterocycles. The van der Waals surface area contributed by atoms with Crippen molar-refractivity contribution in [2.75, 3.05) is 24.6 Å². The van der Waals surface area contributed by atoms with Crippen molar-refractivity contribution in [3.63, 3.8) is 0 Å². The van der Waals surface area contributed by atoms with Crippen molar-refractivity contribution in [1.29, 1.82) is 0 Å². The second kappa shape index (κ2) is 7.93. The monoisotopic (exact) mass is 382 g/mol. The van der Waals surface area contributed by atoms with Crippen LogP contribution < -0.4 is 15.8 Å². The number of benzene rings is 1. The predicted octanol–water partition coefficient (Wildman–Crippen LogP) is 0.741. The van der Waals surface area contributed by atoms with Crippen molar-refractivity contribution in [2.24, 2.45) is 0 Å². The number of amides is 2. The highest BCUT2D eigenvalue weighted by Gasteiger charge is 2.26. The summed E-state index contributed by atoms with van der Waals surface area (Å²) in [7, 11) is 0. The molecule has 2 amide bonds. The first-order chi connectivity index (χ1) is 13.6. The van der Waals surface area contributed by atoms with Crippen molar-refractivity contribution >= 4 is 17.5 Å². The summed E-state index contributed by atoms with van der Waals surface area (Å²) in [6.07, 6.45) is 2.72. The van der Waals surface area contributed by atoms with Gasteiger partial charge in [0.1, 0.15) is 12.2 Å². The van der Waals surface area contributed by atoms with E-state index in [-0.39, 0.29) is 30.2 Å². The van der Waals surface area contributed by atoms with Crippen molar-refractivity contribution in [2.45, 2.75) is 31.9 Å². The summed E-state index contributed by atoms with van der Waals surface area (Å²) in [4.78, 5) is 38.8. The van der Waals surface area contributed by atoms with Crippen molar-refractivity contribution < 1.29 is 14.3 Å². The minimum absolute atomic E-state index is 0.0248. The number of hydrogen-bond donors (Lipinski definition) is 1. The fourth-order valence-electron chi connectivity index (χ4n) is 3.59. The molecule has 2 aliphatic rings. The fourth-order valence-corrected chi connectivity index (χ4v) is 3.59. The molecule has 8 nitrogen and oxygen atoms in total. The largest absolute Gasteiger partial charge is 0.376 e. The van der Waals surface area contributed by atoms with E-state index in [0.29, 0.717) is 19.7 Å². The highest BCUT2D eigenvalue weighted by Crippen LogP contribution is 2.28. The van der Waals surface area contributed by atoms with E-state index >= 15 is 0 Å². The molecule has 2 aliphatic heterocycles. The van der Waals surface area contributed by atoms with E-state index in [0.717, 1.165) is 35.2 Å². The minimum atomic E-state index is -0.425. The van der Waals surface area contributed by atoms with Crippen molar-refractivity contribution in [3.05, 3.63) is 58.0 Å². The van der Waals surface area contributed by atoms with E-state index < -0.39 is 5.56 Å². The molecule has 146 valence electrons. The third-order valence-electron chi connectivity index (χ3n) is 5.06. The number of nitrogens with zero attached hydrogens (tertiary/aromatic N) is 3. The molecule has 1 saturated heterocycles. The van der Waals surface area contributed by atoms with E-state index in [1.807, 2.05) is 24.3 Å². The zero-order chi connectivity index (χ0) is 19.5. The minimum Gasteiger partial charge on any atom is -0.376 e. The van der Waals surface area contributed by atoms with Gasteiger partial charge in [-0.1, -0.05) is 18.2 Å². The first-order valence-electron chi connectivity index (χ1n) is 9.48. The average Bonchev–Trinajstić information content (AvgIpc) is 3.37. The van der Waals surface area contributed by atoms with Crippen LogP contribution in [-0.2, 0) is 22.5 Å². The molecule has 0 saturated carbocycles. The summed E-state index contributed by atoms with van der Waals surface area (Å²) in [5.74, 6) is -0.611. The van der Waals surface area contributed by atoms with Crippen LogP contribution in [0, 0.1) is 0 Å². The van der Waals surface area contributed by atoms with E-state index in [4.69, 9.17) is 4.74 Å². The van der Waals surface area contributed by atoms with Crippen molar-refractivity contribution in [3.8, 4) is 0 Å². The molecule has 2 aromatic rings. The third kappa shape index (κ3) is 3.82. The van der Waals surface area contributed by atoms with Gasteiger partial charge in [0.05, 0.1) is 6.10 Å². The lowest BCUT2D eigenvalue weighted by Gasteiger charge is -2.17. The van der Waals surface area contributed by atoms with Crippen LogP contribution in [0.15, 0.2) is 41.2 Å². The number of nitrogens with one attached hydrogen (secondary N) is 1. The Morgan fingerprint density at radius 2 is 2.07 bits per heavy atom. The Morgan fingerprint density at radius 1 is 1.21 bits per heavy atom. The predicted molar refractivity (Wildman–Crippen MR) is 102 cm³/mol. The maximum Gasteiger partial charge on any atom is 0.278 e. The molecule has 1 N–H and O–H groups in total. The number of fused-ring (bicyclic) bond motifs is 1. The Balaban J connectivity index is 1.45. The van der Waals surface area contributed by atoms with Gasteiger partial charge in [0.25, 0.3) is 11.5 Å². The first-order valence-corrected chi connectivity index (χ1v) is 9.48. The lowest BCUT2D eigenvalue weighted by Crippen LogP contribution is -2.38. The molecule has 1 aromatic heterocycles. The molecule has 0 radical (unpaired) electrons. The van der Waals surface area contributed by atoms with Crippen LogP contribution >= 0.6 is 0 Å². The molecule has 1 aromatic carbocycles. The van der Waals surface area contributed by atoms with Crippen LogP contribution in [0.5, 0.6) is 0 Å². The number of carbonyl (C=O) groups is 2. The molecule has 4 rings (SSSR count). The molecule has 1 atom stereocenters. The molecule has 1 unspecified atom stereocenters. The van der Waals surface area contributed by atoms with Crippen LogP contribution in [-0.4, -0.2) is 47.4 Å². The standard InChI is InChI=1S/C20H22N4O4/c25-18(21-12-15-5-3-11-28-15)13-24-19(26)8-7-16(22-24)20(27)23-10-9-14-4-1-2-6-17(14)23/h1-2,4,6-8,15H,3,5,9-13H2,(H,21,25). The number of hydrogen-bond acceptors (Lipinski definition) is 5. The molecule has 0 aliphatic carbocycles. The molecule has 8 heteroatoms. The molecule has 0 bridgehead atoms. The quantitative estimate of drug-likeness (QED) is 0.823. The van der Waals surface area contributed by atoms with E-state index in [9.17, 15) is 14.4 Å². The maximum atomic E-state index is 12.9. The Labute approximate surface area is 162 Å². The number of carbonyl (C=O) groups excluding carboxylic acids is 2. The summed E-state index contributed by atoms with van der Waals surface area (Å²) in [5.41, 5.74) is 1.69. The summed E-state index contributed by atoms with van der Waals surface area (Å²) in [6, 6.07) is 10.4. The number of para-hydroxylation sites is 1. The van der Waals surface area contributed by atoms with Gasteiger partial charge in [-0.15, -0.1) is 0 Å². The summed E-state index contributed by atoms with van der Waals surface area (Å²) < 4.78 is 6.49. The van der Waals surface area contributed by atoms with Crippen molar-refractivity contribution in [1.82, 2.24) is 15.1 Å². The maximum absolute atomic E-state index is 12.9. The number of rotatable bonds is 5. The zero-order valence-electron chi connectivity index (χ0n) is 15.5. The Kier molecular flexibility index (Phi) is 5.21. The molecule has 0 spiro atoms. The van der Waals surface area contributed by atoms with Crippen LogP contribution in [0.2, 0.25) is 0 Å². The smallest absolute Gasteiger partial charge is 0.278 e.